The number of rotatable bonds is 9. The molecule has 0 radical (unpaired) electrons. The van der Waals surface area contributed by atoms with E-state index in [9.17, 15) is 4.79 Å². The van der Waals surface area contributed by atoms with Crippen LogP contribution in [-0.2, 0) is 11.3 Å². The van der Waals surface area contributed by atoms with Gasteiger partial charge in [0.05, 0.1) is 0 Å². The Labute approximate surface area is 193 Å². The largest absolute Gasteiger partial charge is 0.357 e. The molecule has 1 aliphatic rings. The molecule has 1 fully saturated rings. The maximum Gasteiger partial charge on any atom is 0.244 e. The van der Waals surface area contributed by atoms with Crippen LogP contribution in [0.5, 0.6) is 0 Å². The van der Waals surface area contributed by atoms with Crippen molar-refractivity contribution in [3.05, 3.63) is 35.9 Å². The van der Waals surface area contributed by atoms with E-state index in [0.717, 1.165) is 44.0 Å². The number of benzene rings is 1. The Kier molecular flexibility index (Phi) is 12.9. The standard InChI is InChI=1S/C22H37N5O.HI/c1-4-14-26-15-12-20(13-16-26)25-22(23-5-2)24-17-21(28)27(6-3)18-19-10-8-7-9-11-19;/h7-11,20H,4-6,12-18H2,1-3H3,(H2,23,24,25);1H. The summed E-state index contributed by atoms with van der Waals surface area (Å²) in [6, 6.07) is 10.5. The van der Waals surface area contributed by atoms with Crippen molar-refractivity contribution in [1.29, 1.82) is 0 Å². The third kappa shape index (κ3) is 9.33. The lowest BCUT2D eigenvalue weighted by Gasteiger charge is -2.32. The second kappa shape index (κ2) is 14.6. The first-order chi connectivity index (χ1) is 13.7. The molecule has 0 aromatic heterocycles. The van der Waals surface area contributed by atoms with Gasteiger partial charge in [-0.3, -0.25) is 4.79 Å². The van der Waals surface area contributed by atoms with E-state index < -0.39 is 0 Å². The van der Waals surface area contributed by atoms with Crippen LogP contribution in [0.4, 0.5) is 0 Å². The molecule has 1 saturated heterocycles. The molecular weight excluding hydrogens is 477 g/mol. The number of aliphatic imine (C=N–C) groups is 1. The number of amides is 1. The van der Waals surface area contributed by atoms with Gasteiger partial charge < -0.3 is 20.4 Å². The van der Waals surface area contributed by atoms with Crippen molar-refractivity contribution in [2.75, 3.05) is 39.3 Å². The van der Waals surface area contributed by atoms with Gasteiger partial charge in [-0.25, -0.2) is 4.99 Å². The van der Waals surface area contributed by atoms with Crippen LogP contribution in [0.2, 0.25) is 0 Å². The van der Waals surface area contributed by atoms with Gasteiger partial charge in [-0.1, -0.05) is 37.3 Å². The predicted octanol–water partition coefficient (Wildman–Crippen LogP) is 3.08. The molecule has 2 rings (SSSR count). The van der Waals surface area contributed by atoms with Gasteiger partial charge in [-0.15, -0.1) is 24.0 Å². The van der Waals surface area contributed by atoms with Crippen molar-refractivity contribution in [2.24, 2.45) is 4.99 Å². The Morgan fingerprint density at radius 1 is 1.17 bits per heavy atom. The second-order valence-electron chi connectivity index (χ2n) is 7.35. The molecule has 164 valence electrons. The van der Waals surface area contributed by atoms with Crippen LogP contribution in [-0.4, -0.2) is 67.0 Å². The first-order valence-corrected chi connectivity index (χ1v) is 10.7. The summed E-state index contributed by atoms with van der Waals surface area (Å²) in [7, 11) is 0. The van der Waals surface area contributed by atoms with Gasteiger partial charge >= 0.3 is 0 Å². The summed E-state index contributed by atoms with van der Waals surface area (Å²) in [6.07, 6.45) is 3.45. The number of nitrogens with one attached hydrogen (secondary N) is 2. The summed E-state index contributed by atoms with van der Waals surface area (Å²) in [5, 5.41) is 6.81. The Balaban J connectivity index is 0.00000420. The van der Waals surface area contributed by atoms with E-state index in [1.54, 1.807) is 0 Å². The van der Waals surface area contributed by atoms with Crippen LogP contribution in [0.3, 0.4) is 0 Å². The van der Waals surface area contributed by atoms with Crippen molar-refractivity contribution in [3.8, 4) is 0 Å². The van der Waals surface area contributed by atoms with Crippen molar-refractivity contribution >= 4 is 35.8 Å². The number of hydrogen-bond donors (Lipinski definition) is 2. The van der Waals surface area contributed by atoms with Crippen molar-refractivity contribution in [2.45, 2.75) is 52.6 Å². The zero-order valence-electron chi connectivity index (χ0n) is 18.2. The van der Waals surface area contributed by atoms with E-state index in [0.29, 0.717) is 19.1 Å². The molecule has 0 spiro atoms. The maximum atomic E-state index is 12.7. The minimum atomic E-state index is 0. The number of likely N-dealkylation sites (N-methyl/N-ethyl adjacent to an activating group) is 1. The molecule has 0 unspecified atom stereocenters. The zero-order valence-corrected chi connectivity index (χ0v) is 20.5. The Morgan fingerprint density at radius 2 is 1.86 bits per heavy atom. The van der Waals surface area contributed by atoms with E-state index in [-0.39, 0.29) is 36.4 Å². The van der Waals surface area contributed by atoms with Crippen LogP contribution < -0.4 is 10.6 Å². The minimum Gasteiger partial charge on any atom is -0.357 e. The summed E-state index contributed by atoms with van der Waals surface area (Å²) in [4.78, 5) is 21.6. The van der Waals surface area contributed by atoms with Crippen LogP contribution >= 0.6 is 24.0 Å². The number of carbonyl (C=O) groups excluding carboxylic acids is 1. The SMILES string of the molecule is CCCN1CCC(NC(=NCC(=O)N(CC)Cc2ccccc2)NCC)CC1.I. The van der Waals surface area contributed by atoms with Crippen molar-refractivity contribution in [3.63, 3.8) is 0 Å². The Morgan fingerprint density at radius 3 is 2.45 bits per heavy atom. The third-order valence-corrected chi connectivity index (χ3v) is 5.14. The number of halogens is 1. The fourth-order valence-corrected chi connectivity index (χ4v) is 3.56. The molecule has 7 heteroatoms. The summed E-state index contributed by atoms with van der Waals surface area (Å²) >= 11 is 0. The summed E-state index contributed by atoms with van der Waals surface area (Å²) < 4.78 is 0. The maximum absolute atomic E-state index is 12.7. The molecule has 1 aromatic rings. The summed E-state index contributed by atoms with van der Waals surface area (Å²) in [5.74, 6) is 0.807. The first kappa shape index (κ1) is 25.7. The van der Waals surface area contributed by atoms with E-state index >= 15 is 0 Å². The molecule has 29 heavy (non-hydrogen) atoms. The number of likely N-dealkylation sites (tertiary alicyclic amines) is 1. The molecule has 1 amide bonds. The highest BCUT2D eigenvalue weighted by Crippen LogP contribution is 2.10. The van der Waals surface area contributed by atoms with Gasteiger partial charge in [-0.2, -0.15) is 0 Å². The molecule has 0 atom stereocenters. The number of nitrogens with zero attached hydrogens (tertiary/aromatic N) is 3. The van der Waals surface area contributed by atoms with Crippen LogP contribution in [0.25, 0.3) is 0 Å². The smallest absolute Gasteiger partial charge is 0.244 e. The highest BCUT2D eigenvalue weighted by Gasteiger charge is 2.19. The highest BCUT2D eigenvalue weighted by atomic mass is 127. The summed E-state index contributed by atoms with van der Waals surface area (Å²) in [5.41, 5.74) is 1.14. The minimum absolute atomic E-state index is 0. The van der Waals surface area contributed by atoms with Gasteiger partial charge in [0.25, 0.3) is 0 Å². The van der Waals surface area contributed by atoms with Gasteiger partial charge in [0.2, 0.25) is 5.91 Å². The molecule has 1 aliphatic heterocycles. The van der Waals surface area contributed by atoms with Crippen LogP contribution in [0.15, 0.2) is 35.3 Å². The topological polar surface area (TPSA) is 60.0 Å². The fraction of sp³-hybridized carbons (Fsp3) is 0.636. The van der Waals surface area contributed by atoms with Gasteiger partial charge in [0.15, 0.2) is 5.96 Å². The van der Waals surface area contributed by atoms with Crippen molar-refractivity contribution in [1.82, 2.24) is 20.4 Å². The quantitative estimate of drug-likeness (QED) is 0.302. The highest BCUT2D eigenvalue weighted by molar-refractivity contribution is 14.0. The number of carbonyl (C=O) groups is 1. The van der Waals surface area contributed by atoms with E-state index in [2.05, 4.69) is 46.5 Å². The predicted molar refractivity (Wildman–Crippen MR) is 132 cm³/mol. The zero-order chi connectivity index (χ0) is 20.2. The molecule has 0 aliphatic carbocycles. The van der Waals surface area contributed by atoms with Crippen LogP contribution in [0, 0.1) is 0 Å². The third-order valence-electron chi connectivity index (χ3n) is 5.14. The lowest BCUT2D eigenvalue weighted by Crippen LogP contribution is -2.49. The number of piperidine rings is 1. The monoisotopic (exact) mass is 515 g/mol. The van der Waals surface area contributed by atoms with Gasteiger partial charge in [-0.05, 0) is 45.2 Å². The molecule has 0 saturated carbocycles. The fourth-order valence-electron chi connectivity index (χ4n) is 3.56. The lowest BCUT2D eigenvalue weighted by atomic mass is 10.1. The molecule has 1 aromatic carbocycles. The summed E-state index contributed by atoms with van der Waals surface area (Å²) in [6.45, 7) is 12.0. The second-order valence-corrected chi connectivity index (χ2v) is 7.35. The lowest BCUT2D eigenvalue weighted by molar-refractivity contribution is -0.130. The molecule has 6 nitrogen and oxygen atoms in total. The van der Waals surface area contributed by atoms with Gasteiger partial charge in [0.1, 0.15) is 6.54 Å². The molecular formula is C22H38IN5O. The normalized spacial score (nSPS) is 15.5. The van der Waals surface area contributed by atoms with E-state index in [1.165, 1.54) is 13.0 Å². The van der Waals surface area contributed by atoms with Gasteiger partial charge in [0, 0.05) is 38.8 Å². The van der Waals surface area contributed by atoms with E-state index in [4.69, 9.17) is 0 Å². The number of hydrogen-bond acceptors (Lipinski definition) is 3. The van der Waals surface area contributed by atoms with Crippen molar-refractivity contribution < 1.29 is 4.79 Å². The Bertz CT molecular complexity index is 602. The van der Waals surface area contributed by atoms with Crippen LogP contribution in [0.1, 0.15) is 45.6 Å². The molecule has 1 heterocycles. The Hall–Kier alpha value is -1.35. The molecule has 2 N–H and O–H groups in total. The number of guanidine groups is 1. The average molecular weight is 515 g/mol. The van der Waals surface area contributed by atoms with E-state index in [1.807, 2.05) is 30.0 Å². The first-order valence-electron chi connectivity index (χ1n) is 10.7. The average Bonchev–Trinajstić information content (AvgIpc) is 2.72. The molecule has 0 bridgehead atoms.